The summed E-state index contributed by atoms with van der Waals surface area (Å²) in [5.41, 5.74) is 4.10. The van der Waals surface area contributed by atoms with Gasteiger partial charge < -0.3 is 14.6 Å². The number of hydrogen-bond acceptors (Lipinski definition) is 2. The molecule has 1 aliphatic heterocycles. The minimum absolute atomic E-state index is 0.859. The molecular formula is C17H24N2O. The van der Waals surface area contributed by atoms with E-state index < -0.39 is 0 Å². The first-order valence-corrected chi connectivity index (χ1v) is 7.80. The van der Waals surface area contributed by atoms with Crippen LogP contribution in [0.1, 0.15) is 31.4 Å². The quantitative estimate of drug-likeness (QED) is 0.904. The van der Waals surface area contributed by atoms with Crippen LogP contribution in [-0.2, 0) is 12.8 Å². The molecule has 1 aromatic heterocycles. The van der Waals surface area contributed by atoms with Crippen LogP contribution in [0.15, 0.2) is 18.3 Å². The smallest absolute Gasteiger partial charge is 0.123 e. The van der Waals surface area contributed by atoms with Gasteiger partial charge in [0, 0.05) is 29.2 Å². The number of likely N-dealkylation sites (N-methyl/N-ethyl adjacent to an activating group) is 1. The van der Waals surface area contributed by atoms with Crippen molar-refractivity contribution in [2.24, 2.45) is 0 Å². The van der Waals surface area contributed by atoms with Gasteiger partial charge in [-0.25, -0.2) is 0 Å². The molecule has 0 fully saturated rings. The van der Waals surface area contributed by atoms with E-state index in [1.165, 1.54) is 22.0 Å². The zero-order valence-electron chi connectivity index (χ0n) is 12.5. The zero-order valence-corrected chi connectivity index (χ0v) is 12.5. The molecule has 0 amide bonds. The number of nitrogens with one attached hydrogen (secondary N) is 1. The van der Waals surface area contributed by atoms with Crippen molar-refractivity contribution < 1.29 is 4.74 Å². The number of benzene rings is 1. The maximum Gasteiger partial charge on any atom is 0.123 e. The van der Waals surface area contributed by atoms with E-state index in [1.54, 1.807) is 0 Å². The van der Waals surface area contributed by atoms with Gasteiger partial charge in [0.15, 0.2) is 0 Å². The molecular weight excluding hydrogens is 248 g/mol. The van der Waals surface area contributed by atoms with Crippen molar-refractivity contribution in [2.45, 2.75) is 33.1 Å². The molecule has 0 atom stereocenters. The van der Waals surface area contributed by atoms with Crippen LogP contribution in [0.2, 0.25) is 0 Å². The van der Waals surface area contributed by atoms with Crippen LogP contribution in [-0.4, -0.2) is 36.1 Å². The Morgan fingerprint density at radius 1 is 1.25 bits per heavy atom. The summed E-state index contributed by atoms with van der Waals surface area (Å²) in [6.45, 7) is 8.70. The second-order valence-corrected chi connectivity index (χ2v) is 5.51. The lowest BCUT2D eigenvalue weighted by atomic mass is 9.98. The number of ether oxygens (including phenoxy) is 1. The van der Waals surface area contributed by atoms with E-state index in [0.29, 0.717) is 0 Å². The summed E-state index contributed by atoms with van der Waals surface area (Å²) in [5, 5.41) is 1.41. The highest BCUT2D eigenvalue weighted by Gasteiger charge is 2.17. The van der Waals surface area contributed by atoms with Gasteiger partial charge in [0.25, 0.3) is 0 Å². The molecule has 0 spiro atoms. The lowest BCUT2D eigenvalue weighted by Crippen LogP contribution is -2.25. The first-order chi connectivity index (χ1) is 9.83. The first kappa shape index (κ1) is 13.5. The van der Waals surface area contributed by atoms with Gasteiger partial charge in [-0.05, 0) is 50.0 Å². The third kappa shape index (κ3) is 2.42. The molecule has 1 aliphatic rings. The van der Waals surface area contributed by atoms with Crippen LogP contribution in [0, 0.1) is 0 Å². The largest absolute Gasteiger partial charge is 0.493 e. The van der Waals surface area contributed by atoms with Crippen LogP contribution in [0.25, 0.3) is 10.9 Å². The number of aromatic nitrogens is 1. The van der Waals surface area contributed by atoms with Gasteiger partial charge in [-0.2, -0.15) is 0 Å². The third-order valence-electron chi connectivity index (χ3n) is 4.41. The summed E-state index contributed by atoms with van der Waals surface area (Å²) in [7, 11) is 0. The van der Waals surface area contributed by atoms with Crippen molar-refractivity contribution in [1.29, 1.82) is 0 Å². The summed E-state index contributed by atoms with van der Waals surface area (Å²) >= 11 is 0. The number of fused-ring (bicyclic) bond motifs is 3. The minimum Gasteiger partial charge on any atom is -0.493 e. The molecule has 2 heterocycles. The highest BCUT2D eigenvalue weighted by molar-refractivity contribution is 5.89. The van der Waals surface area contributed by atoms with Gasteiger partial charge in [-0.1, -0.05) is 13.8 Å². The monoisotopic (exact) mass is 272 g/mol. The summed E-state index contributed by atoms with van der Waals surface area (Å²) in [4.78, 5) is 5.90. The van der Waals surface area contributed by atoms with Gasteiger partial charge in [0.1, 0.15) is 5.75 Å². The standard InChI is InChI=1S/C17H24N2O/c1-3-19(4-2)10-9-13-12-18-15-7-8-16-14(17(13)15)6-5-11-20-16/h7-8,12,18H,3-6,9-11H2,1-2H3. The summed E-state index contributed by atoms with van der Waals surface area (Å²) in [6.07, 6.45) is 5.57. The van der Waals surface area contributed by atoms with Crippen LogP contribution in [0.3, 0.4) is 0 Å². The molecule has 108 valence electrons. The predicted octanol–water partition coefficient (Wildman–Crippen LogP) is 3.38. The molecule has 0 saturated carbocycles. The predicted molar refractivity (Wildman–Crippen MR) is 83.6 cm³/mol. The summed E-state index contributed by atoms with van der Waals surface area (Å²) in [6, 6.07) is 4.27. The van der Waals surface area contributed by atoms with Crippen molar-refractivity contribution in [3.63, 3.8) is 0 Å². The van der Waals surface area contributed by atoms with E-state index in [1.807, 2.05) is 0 Å². The Hall–Kier alpha value is -1.48. The molecule has 0 aliphatic carbocycles. The fraction of sp³-hybridized carbons (Fsp3) is 0.529. The molecule has 3 heteroatoms. The lowest BCUT2D eigenvalue weighted by molar-refractivity contribution is 0.289. The molecule has 0 bridgehead atoms. The van der Waals surface area contributed by atoms with Gasteiger partial charge >= 0.3 is 0 Å². The van der Waals surface area contributed by atoms with Crippen molar-refractivity contribution in [3.8, 4) is 5.75 Å². The van der Waals surface area contributed by atoms with Crippen LogP contribution in [0.4, 0.5) is 0 Å². The van der Waals surface area contributed by atoms with E-state index >= 15 is 0 Å². The molecule has 1 aromatic carbocycles. The Kier molecular flexibility index (Phi) is 3.97. The Bertz CT molecular complexity index is 584. The maximum atomic E-state index is 5.80. The molecule has 3 nitrogen and oxygen atoms in total. The van der Waals surface area contributed by atoms with Crippen molar-refractivity contribution in [1.82, 2.24) is 9.88 Å². The average molecular weight is 272 g/mol. The third-order valence-corrected chi connectivity index (χ3v) is 4.41. The van der Waals surface area contributed by atoms with Gasteiger partial charge in [0.05, 0.1) is 6.61 Å². The Morgan fingerprint density at radius 3 is 2.90 bits per heavy atom. The number of nitrogens with zero attached hydrogens (tertiary/aromatic N) is 1. The van der Waals surface area contributed by atoms with E-state index in [0.717, 1.165) is 51.3 Å². The number of hydrogen-bond donors (Lipinski definition) is 1. The molecule has 0 unspecified atom stereocenters. The van der Waals surface area contributed by atoms with Crippen LogP contribution in [0.5, 0.6) is 5.75 Å². The maximum absolute atomic E-state index is 5.80. The van der Waals surface area contributed by atoms with E-state index in [9.17, 15) is 0 Å². The lowest BCUT2D eigenvalue weighted by Gasteiger charge is -2.20. The molecule has 1 N–H and O–H groups in total. The minimum atomic E-state index is 0.859. The second kappa shape index (κ2) is 5.88. The number of aryl methyl sites for hydroxylation is 1. The Labute approximate surface area is 120 Å². The molecule has 20 heavy (non-hydrogen) atoms. The fourth-order valence-electron chi connectivity index (χ4n) is 3.18. The van der Waals surface area contributed by atoms with E-state index in [-0.39, 0.29) is 0 Å². The van der Waals surface area contributed by atoms with Crippen molar-refractivity contribution >= 4 is 10.9 Å². The first-order valence-electron chi connectivity index (χ1n) is 7.80. The topological polar surface area (TPSA) is 28.3 Å². The number of aromatic amines is 1. The Balaban J connectivity index is 1.91. The van der Waals surface area contributed by atoms with E-state index in [2.05, 4.69) is 42.1 Å². The SMILES string of the molecule is CCN(CC)CCc1c[nH]c2ccc3c(c12)CCCO3. The van der Waals surface area contributed by atoms with E-state index in [4.69, 9.17) is 4.74 Å². The highest BCUT2D eigenvalue weighted by atomic mass is 16.5. The number of rotatable bonds is 5. The Morgan fingerprint density at radius 2 is 2.10 bits per heavy atom. The van der Waals surface area contributed by atoms with Crippen LogP contribution < -0.4 is 4.74 Å². The molecule has 2 aromatic rings. The number of H-pyrrole nitrogens is 1. The normalized spacial score (nSPS) is 14.6. The highest BCUT2D eigenvalue weighted by Crippen LogP contribution is 2.34. The van der Waals surface area contributed by atoms with Crippen LogP contribution >= 0.6 is 0 Å². The average Bonchev–Trinajstić information content (AvgIpc) is 2.92. The summed E-state index contributed by atoms with van der Waals surface area (Å²) in [5.74, 6) is 1.09. The van der Waals surface area contributed by atoms with Gasteiger partial charge in [0.2, 0.25) is 0 Å². The summed E-state index contributed by atoms with van der Waals surface area (Å²) < 4.78 is 5.80. The van der Waals surface area contributed by atoms with Crippen molar-refractivity contribution in [2.75, 3.05) is 26.2 Å². The molecule has 3 rings (SSSR count). The van der Waals surface area contributed by atoms with Crippen molar-refractivity contribution in [3.05, 3.63) is 29.5 Å². The fourth-order valence-corrected chi connectivity index (χ4v) is 3.18. The van der Waals surface area contributed by atoms with Gasteiger partial charge in [-0.15, -0.1) is 0 Å². The zero-order chi connectivity index (χ0) is 13.9. The second-order valence-electron chi connectivity index (χ2n) is 5.51. The van der Waals surface area contributed by atoms with Gasteiger partial charge in [-0.3, -0.25) is 0 Å². The molecule has 0 saturated heterocycles. The molecule has 0 radical (unpaired) electrons.